The molecule has 106 valence electrons. The molecule has 4 nitrogen and oxygen atoms in total. The van der Waals surface area contributed by atoms with Gasteiger partial charge in [-0.15, -0.1) is 0 Å². The summed E-state index contributed by atoms with van der Waals surface area (Å²) in [5.41, 5.74) is 3.64. The van der Waals surface area contributed by atoms with Crippen LogP contribution in [0.25, 0.3) is 5.65 Å². The van der Waals surface area contributed by atoms with Crippen LogP contribution in [0.2, 0.25) is 0 Å². The van der Waals surface area contributed by atoms with E-state index < -0.39 is 0 Å². The highest BCUT2D eigenvalue weighted by Crippen LogP contribution is 2.39. The Kier molecular flexibility index (Phi) is 3.32. The average molecular weight is 288 g/mol. The molecule has 2 fully saturated rings. The first-order valence-corrected chi connectivity index (χ1v) is 8.51. The van der Waals surface area contributed by atoms with Crippen LogP contribution in [0.4, 0.5) is 5.69 Å². The molecule has 0 aromatic carbocycles. The summed E-state index contributed by atoms with van der Waals surface area (Å²) in [7, 11) is 0. The quantitative estimate of drug-likeness (QED) is 0.919. The Labute approximate surface area is 123 Å². The van der Waals surface area contributed by atoms with Crippen LogP contribution in [0, 0.1) is 0 Å². The maximum absolute atomic E-state index is 4.85. The van der Waals surface area contributed by atoms with Gasteiger partial charge in [0.15, 0.2) is 0 Å². The minimum absolute atomic E-state index is 0.609. The van der Waals surface area contributed by atoms with Gasteiger partial charge in [0.05, 0.1) is 5.69 Å². The summed E-state index contributed by atoms with van der Waals surface area (Å²) >= 11 is 2.05. The molecule has 1 N–H and O–H groups in total. The summed E-state index contributed by atoms with van der Waals surface area (Å²) < 4.78 is 2.17. The average Bonchev–Trinajstić information content (AvgIpc) is 3.16. The fourth-order valence-corrected chi connectivity index (χ4v) is 4.31. The van der Waals surface area contributed by atoms with Crippen molar-refractivity contribution in [2.45, 2.75) is 18.1 Å². The number of nitrogens with zero attached hydrogens (tertiary/aromatic N) is 3. The van der Waals surface area contributed by atoms with Crippen molar-refractivity contribution in [1.29, 1.82) is 0 Å². The molecule has 0 radical (unpaired) electrons. The Balaban J connectivity index is 1.64. The molecule has 4 heterocycles. The molecule has 20 heavy (non-hydrogen) atoms. The zero-order valence-corrected chi connectivity index (χ0v) is 12.4. The number of imidazole rings is 1. The van der Waals surface area contributed by atoms with Crippen molar-refractivity contribution in [2.75, 3.05) is 36.8 Å². The van der Waals surface area contributed by atoms with Crippen LogP contribution >= 0.6 is 11.8 Å². The van der Waals surface area contributed by atoms with E-state index in [-0.39, 0.29) is 0 Å². The summed E-state index contributed by atoms with van der Waals surface area (Å²) in [6.45, 7) is 4.32. The maximum Gasteiger partial charge on any atom is 0.139 e. The second kappa shape index (κ2) is 5.30. The monoisotopic (exact) mass is 288 g/mol. The van der Waals surface area contributed by atoms with Crippen LogP contribution in [0.15, 0.2) is 24.5 Å². The smallest absolute Gasteiger partial charge is 0.139 e. The van der Waals surface area contributed by atoms with Crippen molar-refractivity contribution >= 4 is 23.1 Å². The van der Waals surface area contributed by atoms with Crippen LogP contribution in [0.3, 0.4) is 0 Å². The van der Waals surface area contributed by atoms with Crippen molar-refractivity contribution < 1.29 is 0 Å². The molecule has 0 spiro atoms. The molecular weight excluding hydrogens is 268 g/mol. The first-order chi connectivity index (χ1) is 9.90. The summed E-state index contributed by atoms with van der Waals surface area (Å²) in [6, 6.07) is 4.44. The second-order valence-corrected chi connectivity index (χ2v) is 6.87. The van der Waals surface area contributed by atoms with Gasteiger partial charge in [0.2, 0.25) is 0 Å². The van der Waals surface area contributed by atoms with Crippen LogP contribution in [0.5, 0.6) is 0 Å². The van der Waals surface area contributed by atoms with E-state index in [0.29, 0.717) is 5.25 Å². The van der Waals surface area contributed by atoms with E-state index in [1.54, 1.807) is 0 Å². The first kappa shape index (κ1) is 12.5. The molecular formula is C15H20N4S. The summed E-state index contributed by atoms with van der Waals surface area (Å²) in [6.07, 6.45) is 6.97. The maximum atomic E-state index is 4.85. The SMILES string of the molecule is c1cn2cc(C3CCCS3)nc2cc1N1CCNCC1. The lowest BCUT2D eigenvalue weighted by Gasteiger charge is -2.29. The van der Waals surface area contributed by atoms with Gasteiger partial charge in [-0.05, 0) is 24.7 Å². The predicted octanol–water partition coefficient (Wildman–Crippen LogP) is 2.31. The highest BCUT2D eigenvalue weighted by Gasteiger charge is 2.20. The van der Waals surface area contributed by atoms with E-state index in [1.807, 2.05) is 11.8 Å². The Morgan fingerprint density at radius 1 is 1.30 bits per heavy atom. The van der Waals surface area contributed by atoms with Crippen LogP contribution in [-0.4, -0.2) is 41.3 Å². The highest BCUT2D eigenvalue weighted by atomic mass is 32.2. The Bertz CT molecular complexity index is 597. The molecule has 2 aromatic rings. The molecule has 0 aliphatic carbocycles. The second-order valence-electron chi connectivity index (χ2n) is 5.55. The van der Waals surface area contributed by atoms with Crippen molar-refractivity contribution in [3.8, 4) is 0 Å². The van der Waals surface area contributed by atoms with Gasteiger partial charge in [-0.2, -0.15) is 11.8 Å². The van der Waals surface area contributed by atoms with Crippen molar-refractivity contribution in [2.24, 2.45) is 0 Å². The first-order valence-electron chi connectivity index (χ1n) is 7.46. The fraction of sp³-hybridized carbons (Fsp3) is 0.533. The lowest BCUT2D eigenvalue weighted by atomic mass is 10.2. The van der Waals surface area contributed by atoms with Crippen LogP contribution in [0.1, 0.15) is 23.8 Å². The van der Waals surface area contributed by atoms with Gasteiger partial charge < -0.3 is 14.6 Å². The molecule has 1 unspecified atom stereocenters. The lowest BCUT2D eigenvalue weighted by Crippen LogP contribution is -2.43. The van der Waals surface area contributed by atoms with E-state index in [2.05, 4.69) is 39.1 Å². The molecule has 0 amide bonds. The number of rotatable bonds is 2. The summed E-state index contributed by atoms with van der Waals surface area (Å²) in [5.74, 6) is 1.28. The lowest BCUT2D eigenvalue weighted by molar-refractivity contribution is 0.589. The number of pyridine rings is 1. The molecule has 2 aromatic heterocycles. The number of anilines is 1. The molecule has 0 saturated carbocycles. The minimum Gasteiger partial charge on any atom is -0.369 e. The Hall–Kier alpha value is -1.20. The zero-order valence-electron chi connectivity index (χ0n) is 11.6. The van der Waals surface area contributed by atoms with Gasteiger partial charge in [-0.25, -0.2) is 4.98 Å². The number of aromatic nitrogens is 2. The number of hydrogen-bond donors (Lipinski definition) is 1. The van der Waals surface area contributed by atoms with Gasteiger partial charge in [0, 0.05) is 55.6 Å². The summed E-state index contributed by atoms with van der Waals surface area (Å²) in [5, 5.41) is 4.01. The van der Waals surface area contributed by atoms with Gasteiger partial charge in [0.25, 0.3) is 0 Å². The third-order valence-electron chi connectivity index (χ3n) is 4.20. The van der Waals surface area contributed by atoms with Crippen LogP contribution in [-0.2, 0) is 0 Å². The number of fused-ring (bicyclic) bond motifs is 1. The highest BCUT2D eigenvalue weighted by molar-refractivity contribution is 7.99. The molecule has 5 heteroatoms. The third kappa shape index (κ3) is 2.29. The van der Waals surface area contributed by atoms with E-state index >= 15 is 0 Å². The standard InChI is InChI=1S/C15H20N4S/c1-2-14(20-9-1)13-11-19-6-3-12(10-15(19)17-13)18-7-4-16-5-8-18/h3,6,10-11,14,16H,1-2,4-5,7-9H2. The largest absolute Gasteiger partial charge is 0.369 e. The van der Waals surface area contributed by atoms with Gasteiger partial charge in [-0.3, -0.25) is 0 Å². The van der Waals surface area contributed by atoms with E-state index in [1.165, 1.54) is 30.0 Å². The molecule has 4 rings (SSSR count). The van der Waals surface area contributed by atoms with E-state index in [0.717, 1.165) is 31.8 Å². The molecule has 0 bridgehead atoms. The van der Waals surface area contributed by atoms with Crippen molar-refractivity contribution in [3.05, 3.63) is 30.2 Å². The molecule has 1 atom stereocenters. The fourth-order valence-electron chi connectivity index (χ4n) is 3.08. The number of piperazine rings is 1. The molecule has 2 aliphatic heterocycles. The molecule has 2 saturated heterocycles. The summed E-state index contributed by atoms with van der Waals surface area (Å²) in [4.78, 5) is 7.29. The van der Waals surface area contributed by atoms with Crippen molar-refractivity contribution in [1.82, 2.24) is 14.7 Å². The number of thioether (sulfide) groups is 1. The zero-order chi connectivity index (χ0) is 13.4. The Morgan fingerprint density at radius 2 is 2.20 bits per heavy atom. The topological polar surface area (TPSA) is 32.6 Å². The van der Waals surface area contributed by atoms with Crippen LogP contribution < -0.4 is 10.2 Å². The van der Waals surface area contributed by atoms with Crippen molar-refractivity contribution in [3.63, 3.8) is 0 Å². The number of hydrogen-bond acceptors (Lipinski definition) is 4. The molecule has 2 aliphatic rings. The normalized spacial score (nSPS) is 23.6. The van der Waals surface area contributed by atoms with Gasteiger partial charge in [0.1, 0.15) is 5.65 Å². The third-order valence-corrected chi connectivity index (χ3v) is 5.61. The number of nitrogens with one attached hydrogen (secondary N) is 1. The van der Waals surface area contributed by atoms with Gasteiger partial charge in [-0.1, -0.05) is 0 Å². The predicted molar refractivity (Wildman–Crippen MR) is 84.7 cm³/mol. The van der Waals surface area contributed by atoms with E-state index in [9.17, 15) is 0 Å². The Morgan fingerprint density at radius 3 is 3.00 bits per heavy atom. The van der Waals surface area contributed by atoms with E-state index in [4.69, 9.17) is 4.98 Å². The minimum atomic E-state index is 0.609. The van der Waals surface area contributed by atoms with Gasteiger partial charge >= 0.3 is 0 Å².